The first-order chi connectivity index (χ1) is 10.7. The maximum absolute atomic E-state index is 5.35. The number of nitrogens with zero attached hydrogens (tertiary/aromatic N) is 4. The second kappa shape index (κ2) is 9.48. The lowest BCUT2D eigenvalue weighted by molar-refractivity contribution is 0.371. The lowest BCUT2D eigenvalue weighted by atomic mass is 10.1. The number of guanidine groups is 1. The average Bonchev–Trinajstić information content (AvgIpc) is 3.13. The topological polar surface area (TPSA) is 101 Å². The third kappa shape index (κ3) is 5.19. The number of aromatic nitrogens is 3. The summed E-state index contributed by atoms with van der Waals surface area (Å²) >= 11 is 0. The Labute approximate surface area is 152 Å². The third-order valence-electron chi connectivity index (χ3n) is 3.24. The molecule has 2 N–H and O–H groups in total. The van der Waals surface area contributed by atoms with Crippen molar-refractivity contribution in [3.05, 3.63) is 28.7 Å². The van der Waals surface area contributed by atoms with Gasteiger partial charge in [0.05, 0.1) is 12.2 Å². The van der Waals surface area contributed by atoms with Crippen LogP contribution >= 0.6 is 24.0 Å². The predicted octanol–water partition coefficient (Wildman–Crippen LogP) is 1.97. The van der Waals surface area contributed by atoms with E-state index in [2.05, 4.69) is 44.8 Å². The van der Waals surface area contributed by atoms with Gasteiger partial charge in [-0.2, -0.15) is 4.98 Å². The van der Waals surface area contributed by atoms with Gasteiger partial charge in [-0.1, -0.05) is 24.2 Å². The quantitative estimate of drug-likeness (QED) is 0.407. The molecule has 8 nitrogen and oxygen atoms in total. The highest BCUT2D eigenvalue weighted by atomic mass is 127. The van der Waals surface area contributed by atoms with E-state index in [4.69, 9.17) is 9.05 Å². The molecule has 0 saturated carbocycles. The van der Waals surface area contributed by atoms with E-state index in [0.29, 0.717) is 30.8 Å². The van der Waals surface area contributed by atoms with Crippen LogP contribution in [0, 0.1) is 6.92 Å². The fraction of sp³-hybridized carbons (Fsp3) is 0.571. The van der Waals surface area contributed by atoms with Crippen LogP contribution in [-0.2, 0) is 25.9 Å². The summed E-state index contributed by atoms with van der Waals surface area (Å²) in [5.74, 6) is 2.70. The first kappa shape index (κ1) is 19.4. The molecule has 2 heterocycles. The Morgan fingerprint density at radius 1 is 1.09 bits per heavy atom. The first-order valence-electron chi connectivity index (χ1n) is 7.37. The van der Waals surface area contributed by atoms with Crippen LogP contribution in [0.5, 0.6) is 0 Å². The van der Waals surface area contributed by atoms with Gasteiger partial charge in [-0.15, -0.1) is 24.0 Å². The second-order valence-corrected chi connectivity index (χ2v) is 4.75. The largest absolute Gasteiger partial charge is 0.361 e. The maximum Gasteiger partial charge on any atom is 0.246 e. The van der Waals surface area contributed by atoms with Gasteiger partial charge in [-0.25, -0.2) is 0 Å². The van der Waals surface area contributed by atoms with Gasteiger partial charge in [0.1, 0.15) is 5.76 Å². The summed E-state index contributed by atoms with van der Waals surface area (Å²) in [6.45, 7) is 6.93. The summed E-state index contributed by atoms with van der Waals surface area (Å²) in [6.07, 6.45) is 1.66. The molecule has 0 saturated heterocycles. The first-order valence-corrected chi connectivity index (χ1v) is 7.37. The molecule has 128 valence electrons. The van der Waals surface area contributed by atoms with Crippen molar-refractivity contribution in [3.8, 4) is 0 Å². The Kier molecular flexibility index (Phi) is 8.00. The Morgan fingerprint density at radius 3 is 2.39 bits per heavy atom. The number of halogens is 1. The average molecular weight is 434 g/mol. The van der Waals surface area contributed by atoms with Crippen LogP contribution in [0.25, 0.3) is 0 Å². The number of hydrogen-bond acceptors (Lipinski definition) is 6. The van der Waals surface area contributed by atoms with Crippen molar-refractivity contribution in [3.63, 3.8) is 0 Å². The van der Waals surface area contributed by atoms with E-state index in [1.807, 2.05) is 0 Å². The molecule has 23 heavy (non-hydrogen) atoms. The van der Waals surface area contributed by atoms with Crippen LogP contribution in [0.4, 0.5) is 0 Å². The molecule has 2 aromatic rings. The Hall–Kier alpha value is -1.65. The van der Waals surface area contributed by atoms with Gasteiger partial charge >= 0.3 is 0 Å². The van der Waals surface area contributed by atoms with Gasteiger partial charge in [0.2, 0.25) is 5.89 Å². The molecule has 9 heteroatoms. The number of aliphatic imine (C=N–C) groups is 1. The van der Waals surface area contributed by atoms with Crippen molar-refractivity contribution in [1.29, 1.82) is 0 Å². The third-order valence-corrected chi connectivity index (χ3v) is 3.24. The highest BCUT2D eigenvalue weighted by molar-refractivity contribution is 14.0. The zero-order valence-electron chi connectivity index (χ0n) is 13.8. The molecule has 0 unspecified atom stereocenters. The van der Waals surface area contributed by atoms with Crippen molar-refractivity contribution in [2.24, 2.45) is 4.99 Å². The molecule has 0 amide bonds. The molecule has 0 aliphatic heterocycles. The highest BCUT2D eigenvalue weighted by Crippen LogP contribution is 2.15. The Bertz CT molecular complexity index is 616. The minimum atomic E-state index is 0. The summed E-state index contributed by atoms with van der Waals surface area (Å²) in [6, 6.07) is 0. The number of hydrogen-bond donors (Lipinski definition) is 2. The van der Waals surface area contributed by atoms with Crippen molar-refractivity contribution >= 4 is 29.9 Å². The predicted molar refractivity (Wildman–Crippen MR) is 96.7 cm³/mol. The van der Waals surface area contributed by atoms with E-state index < -0.39 is 0 Å². The van der Waals surface area contributed by atoms with Crippen molar-refractivity contribution in [1.82, 2.24) is 25.9 Å². The van der Waals surface area contributed by atoms with Crippen LogP contribution < -0.4 is 10.6 Å². The molecule has 0 fully saturated rings. The summed E-state index contributed by atoms with van der Waals surface area (Å²) in [4.78, 5) is 8.31. The number of aryl methyl sites for hydroxylation is 3. The number of rotatable bonds is 6. The molecule has 0 spiro atoms. The van der Waals surface area contributed by atoms with E-state index >= 15 is 0 Å². The SMILES string of the molecule is CCc1noc(CC)c1CNC(=NC)NCc1nc(C)no1.I. The smallest absolute Gasteiger partial charge is 0.246 e. The zero-order valence-corrected chi connectivity index (χ0v) is 16.2. The molecule has 0 radical (unpaired) electrons. The van der Waals surface area contributed by atoms with Crippen molar-refractivity contribution < 1.29 is 9.05 Å². The number of nitrogens with one attached hydrogen (secondary N) is 2. The summed E-state index contributed by atoms with van der Waals surface area (Å²) in [5.41, 5.74) is 2.08. The fourth-order valence-corrected chi connectivity index (χ4v) is 2.10. The molecule has 0 bridgehead atoms. The molecule has 0 atom stereocenters. The summed E-state index contributed by atoms with van der Waals surface area (Å²) in [7, 11) is 1.71. The summed E-state index contributed by atoms with van der Waals surface area (Å²) < 4.78 is 10.4. The zero-order chi connectivity index (χ0) is 15.9. The summed E-state index contributed by atoms with van der Waals surface area (Å²) in [5, 5.41) is 14.2. The van der Waals surface area contributed by atoms with E-state index in [9.17, 15) is 0 Å². The van der Waals surface area contributed by atoms with E-state index in [0.717, 1.165) is 29.9 Å². The minimum absolute atomic E-state index is 0. The Balaban J connectivity index is 0.00000264. The standard InChI is InChI=1S/C14H22N6O2.HI/c1-5-11-10(12(6-2)21-20-11)7-16-14(15-4)17-8-13-18-9(3)19-22-13;/h5-8H2,1-4H3,(H2,15,16,17);1H. The molecular formula is C14H23IN6O2. The lowest BCUT2D eigenvalue weighted by Crippen LogP contribution is -2.36. The molecular weight excluding hydrogens is 411 g/mol. The molecule has 2 aromatic heterocycles. The van der Waals surface area contributed by atoms with Gasteiger partial charge < -0.3 is 19.7 Å². The highest BCUT2D eigenvalue weighted by Gasteiger charge is 2.13. The van der Waals surface area contributed by atoms with Crippen molar-refractivity contribution in [2.45, 2.75) is 46.7 Å². The minimum Gasteiger partial charge on any atom is -0.361 e. The van der Waals surface area contributed by atoms with E-state index in [-0.39, 0.29) is 24.0 Å². The lowest BCUT2D eigenvalue weighted by Gasteiger charge is -2.10. The molecule has 0 aliphatic carbocycles. The van der Waals surface area contributed by atoms with Crippen LogP contribution in [0.2, 0.25) is 0 Å². The molecule has 0 aliphatic rings. The van der Waals surface area contributed by atoms with Gasteiger partial charge in [0, 0.05) is 25.6 Å². The van der Waals surface area contributed by atoms with E-state index in [1.165, 1.54) is 0 Å². The van der Waals surface area contributed by atoms with Crippen molar-refractivity contribution in [2.75, 3.05) is 7.05 Å². The van der Waals surface area contributed by atoms with Gasteiger partial charge in [-0.3, -0.25) is 4.99 Å². The van der Waals surface area contributed by atoms with Crippen LogP contribution in [0.3, 0.4) is 0 Å². The normalized spacial score (nSPS) is 11.2. The van der Waals surface area contributed by atoms with Crippen LogP contribution in [-0.4, -0.2) is 28.3 Å². The molecule has 0 aromatic carbocycles. The van der Waals surface area contributed by atoms with Gasteiger partial charge in [-0.05, 0) is 13.3 Å². The fourth-order valence-electron chi connectivity index (χ4n) is 2.10. The van der Waals surface area contributed by atoms with Gasteiger partial charge in [0.15, 0.2) is 11.8 Å². The maximum atomic E-state index is 5.35. The monoisotopic (exact) mass is 434 g/mol. The Morgan fingerprint density at radius 2 is 1.83 bits per heavy atom. The van der Waals surface area contributed by atoms with Gasteiger partial charge in [0.25, 0.3) is 0 Å². The van der Waals surface area contributed by atoms with E-state index in [1.54, 1.807) is 14.0 Å². The molecule has 2 rings (SSSR count). The second-order valence-electron chi connectivity index (χ2n) is 4.75. The van der Waals surface area contributed by atoms with Crippen LogP contribution in [0.1, 0.15) is 42.6 Å². The van der Waals surface area contributed by atoms with Crippen LogP contribution in [0.15, 0.2) is 14.0 Å².